The Labute approximate surface area is 181 Å². The molecule has 0 radical (unpaired) electrons. The van der Waals surface area contributed by atoms with Crippen molar-refractivity contribution in [2.45, 2.75) is 37.8 Å². The smallest absolute Gasteiger partial charge is 0.256 e. The molecule has 0 spiro atoms. The number of sulfonamides is 1. The Morgan fingerprint density at radius 1 is 1.10 bits per heavy atom. The van der Waals surface area contributed by atoms with Crippen LogP contribution in [0.2, 0.25) is 5.02 Å². The van der Waals surface area contributed by atoms with Crippen LogP contribution < -0.4 is 10.0 Å². The highest BCUT2D eigenvalue weighted by Crippen LogP contribution is 2.16. The first kappa shape index (κ1) is 22.0. The summed E-state index contributed by atoms with van der Waals surface area (Å²) in [7, 11) is -3.61. The zero-order valence-corrected chi connectivity index (χ0v) is 18.2. The van der Waals surface area contributed by atoms with Crippen LogP contribution in [0.4, 0.5) is 5.82 Å². The SMILES string of the molecule is CCC(C)NS(=O)(=O)c1ccc(C(=O)Nc2ccnn2Cc2ccc(Cl)cc2)cc1. The molecule has 0 bridgehead atoms. The van der Waals surface area contributed by atoms with E-state index < -0.39 is 10.0 Å². The molecule has 3 aromatic rings. The van der Waals surface area contributed by atoms with Crippen LogP contribution in [0, 0.1) is 0 Å². The first-order chi connectivity index (χ1) is 14.3. The number of nitrogens with zero attached hydrogens (tertiary/aromatic N) is 2. The fourth-order valence-electron chi connectivity index (χ4n) is 2.72. The third-order valence-electron chi connectivity index (χ3n) is 4.60. The Morgan fingerprint density at radius 2 is 1.77 bits per heavy atom. The van der Waals surface area contributed by atoms with Crippen LogP contribution >= 0.6 is 11.6 Å². The van der Waals surface area contributed by atoms with Gasteiger partial charge in [-0.25, -0.2) is 17.8 Å². The van der Waals surface area contributed by atoms with Crippen LogP contribution in [0.1, 0.15) is 36.2 Å². The van der Waals surface area contributed by atoms with Gasteiger partial charge < -0.3 is 5.32 Å². The average Bonchev–Trinajstić information content (AvgIpc) is 3.16. The molecule has 9 heteroatoms. The molecule has 0 fully saturated rings. The van der Waals surface area contributed by atoms with Crippen LogP contribution in [-0.4, -0.2) is 30.1 Å². The number of anilines is 1. The molecular weight excluding hydrogens is 424 g/mol. The number of hydrogen-bond acceptors (Lipinski definition) is 4. The summed E-state index contributed by atoms with van der Waals surface area (Å²) in [5.41, 5.74) is 1.33. The number of benzene rings is 2. The van der Waals surface area contributed by atoms with E-state index in [0.29, 0.717) is 29.4 Å². The van der Waals surface area contributed by atoms with E-state index in [2.05, 4.69) is 15.1 Å². The van der Waals surface area contributed by atoms with Gasteiger partial charge in [0.1, 0.15) is 5.82 Å². The van der Waals surface area contributed by atoms with Gasteiger partial charge in [0.05, 0.1) is 17.6 Å². The lowest BCUT2D eigenvalue weighted by atomic mass is 10.2. The molecule has 1 amide bonds. The van der Waals surface area contributed by atoms with Crippen LogP contribution in [0.15, 0.2) is 65.7 Å². The van der Waals surface area contributed by atoms with E-state index in [4.69, 9.17) is 11.6 Å². The van der Waals surface area contributed by atoms with E-state index in [9.17, 15) is 13.2 Å². The summed E-state index contributed by atoms with van der Waals surface area (Å²) in [4.78, 5) is 12.7. The van der Waals surface area contributed by atoms with Crippen LogP contribution in [0.25, 0.3) is 0 Å². The van der Waals surface area contributed by atoms with Gasteiger partial charge in [0.2, 0.25) is 10.0 Å². The second-order valence-electron chi connectivity index (χ2n) is 6.91. The molecule has 0 aliphatic rings. The number of nitrogens with one attached hydrogen (secondary N) is 2. The monoisotopic (exact) mass is 446 g/mol. The molecule has 1 atom stereocenters. The van der Waals surface area contributed by atoms with Crippen molar-refractivity contribution in [2.24, 2.45) is 0 Å². The quantitative estimate of drug-likeness (QED) is 0.548. The molecule has 7 nitrogen and oxygen atoms in total. The first-order valence-corrected chi connectivity index (χ1v) is 11.3. The number of aromatic nitrogens is 2. The number of halogens is 1. The topological polar surface area (TPSA) is 93.1 Å². The van der Waals surface area contributed by atoms with Crippen molar-refractivity contribution in [3.05, 3.63) is 76.9 Å². The summed E-state index contributed by atoms with van der Waals surface area (Å²) < 4.78 is 28.9. The molecule has 158 valence electrons. The Hall–Kier alpha value is -2.68. The highest BCUT2D eigenvalue weighted by atomic mass is 35.5. The third-order valence-corrected chi connectivity index (χ3v) is 6.46. The van der Waals surface area contributed by atoms with Gasteiger partial charge in [0, 0.05) is 22.7 Å². The van der Waals surface area contributed by atoms with E-state index in [0.717, 1.165) is 5.56 Å². The molecule has 0 saturated heterocycles. The lowest BCUT2D eigenvalue weighted by molar-refractivity contribution is 0.102. The summed E-state index contributed by atoms with van der Waals surface area (Å²) >= 11 is 5.91. The second kappa shape index (κ2) is 9.42. The van der Waals surface area contributed by atoms with Gasteiger partial charge in [-0.15, -0.1) is 0 Å². The van der Waals surface area contributed by atoms with Gasteiger partial charge in [-0.3, -0.25) is 4.79 Å². The Morgan fingerprint density at radius 3 is 2.40 bits per heavy atom. The minimum atomic E-state index is -3.61. The second-order valence-corrected chi connectivity index (χ2v) is 9.06. The molecule has 1 heterocycles. The van der Waals surface area contributed by atoms with Crippen LogP contribution in [0.3, 0.4) is 0 Å². The Bertz CT molecular complexity index is 1110. The number of carbonyl (C=O) groups is 1. The van der Waals surface area contributed by atoms with Crippen LogP contribution in [-0.2, 0) is 16.6 Å². The lowest BCUT2D eigenvalue weighted by Gasteiger charge is -2.12. The fourth-order valence-corrected chi connectivity index (χ4v) is 4.17. The minimum Gasteiger partial charge on any atom is -0.307 e. The van der Waals surface area contributed by atoms with Crippen LogP contribution in [0.5, 0.6) is 0 Å². The summed E-state index contributed by atoms with van der Waals surface area (Å²) in [6, 6.07) is 14.7. The van der Waals surface area contributed by atoms with E-state index in [1.807, 2.05) is 19.1 Å². The van der Waals surface area contributed by atoms with Crippen molar-refractivity contribution in [3.63, 3.8) is 0 Å². The predicted octanol–water partition coefficient (Wildman–Crippen LogP) is 3.91. The standard InChI is InChI=1S/C21H23ClN4O3S/c1-3-15(2)25-30(28,29)19-10-6-17(7-11-19)21(27)24-20-12-13-23-26(20)14-16-4-8-18(22)9-5-16/h4-13,15,25H,3,14H2,1-2H3,(H,24,27). The first-order valence-electron chi connectivity index (χ1n) is 9.48. The third kappa shape index (κ3) is 5.47. The molecule has 0 aliphatic carbocycles. The Balaban J connectivity index is 1.70. The van der Waals surface area contributed by atoms with Gasteiger partial charge in [-0.05, 0) is 55.3 Å². The Kier molecular flexibility index (Phi) is 6.91. The number of rotatable bonds is 8. The van der Waals surface area contributed by atoms with E-state index in [1.54, 1.807) is 36.0 Å². The van der Waals surface area contributed by atoms with Gasteiger partial charge >= 0.3 is 0 Å². The summed E-state index contributed by atoms with van der Waals surface area (Å²) in [6.07, 6.45) is 2.28. The van der Waals surface area contributed by atoms with E-state index >= 15 is 0 Å². The zero-order valence-electron chi connectivity index (χ0n) is 16.7. The lowest BCUT2D eigenvalue weighted by Crippen LogP contribution is -2.32. The summed E-state index contributed by atoms with van der Waals surface area (Å²) in [5, 5.41) is 7.70. The molecule has 30 heavy (non-hydrogen) atoms. The number of carbonyl (C=O) groups excluding carboxylic acids is 1. The van der Waals surface area contributed by atoms with Gasteiger partial charge in [-0.1, -0.05) is 30.7 Å². The summed E-state index contributed by atoms with van der Waals surface area (Å²) in [5.74, 6) is 0.178. The minimum absolute atomic E-state index is 0.118. The van der Waals surface area contributed by atoms with Crippen molar-refractivity contribution in [1.29, 1.82) is 0 Å². The zero-order chi connectivity index (χ0) is 21.7. The molecule has 1 unspecified atom stereocenters. The maximum absolute atomic E-state index is 12.6. The van der Waals surface area contributed by atoms with Gasteiger partial charge in [-0.2, -0.15) is 5.10 Å². The van der Waals surface area contributed by atoms with E-state index in [1.165, 1.54) is 24.3 Å². The maximum atomic E-state index is 12.6. The van der Waals surface area contributed by atoms with Crippen molar-refractivity contribution < 1.29 is 13.2 Å². The largest absolute Gasteiger partial charge is 0.307 e. The summed E-state index contributed by atoms with van der Waals surface area (Å²) in [6.45, 7) is 4.17. The van der Waals surface area contributed by atoms with Crippen molar-refractivity contribution in [3.8, 4) is 0 Å². The van der Waals surface area contributed by atoms with Crippen molar-refractivity contribution in [2.75, 3.05) is 5.32 Å². The molecule has 0 aliphatic heterocycles. The fraction of sp³-hybridized carbons (Fsp3) is 0.238. The molecule has 2 aromatic carbocycles. The predicted molar refractivity (Wildman–Crippen MR) is 117 cm³/mol. The van der Waals surface area contributed by atoms with Crippen molar-refractivity contribution in [1.82, 2.24) is 14.5 Å². The van der Waals surface area contributed by atoms with Gasteiger partial charge in [0.15, 0.2) is 0 Å². The highest BCUT2D eigenvalue weighted by Gasteiger charge is 2.17. The van der Waals surface area contributed by atoms with Gasteiger partial charge in [0.25, 0.3) is 5.91 Å². The molecular formula is C21H23ClN4O3S. The molecule has 1 aromatic heterocycles. The van der Waals surface area contributed by atoms with E-state index in [-0.39, 0.29) is 16.8 Å². The van der Waals surface area contributed by atoms with Crippen molar-refractivity contribution >= 4 is 33.3 Å². The number of amides is 1. The molecule has 0 saturated carbocycles. The maximum Gasteiger partial charge on any atom is 0.256 e. The average molecular weight is 447 g/mol. The normalized spacial score (nSPS) is 12.5. The number of hydrogen-bond donors (Lipinski definition) is 2. The highest BCUT2D eigenvalue weighted by molar-refractivity contribution is 7.89. The molecule has 3 rings (SSSR count). The molecule has 2 N–H and O–H groups in total.